The normalized spacial score (nSPS) is 14.5. The standard InChI is InChI=1S/C30H36O7/c1-23(32)34-18-17-27(35-20-24-11-5-2-6-12-24)30(37-22-26-15-9-4-10-16-26)29(33)28(19-31)36-21-25-13-7-3-8-14-25/h2-16,27-31,33H,17-22H2,1H3/t27-,28-,29-,30+/m1/s1. The van der Waals surface area contributed by atoms with Crippen molar-refractivity contribution in [3.8, 4) is 0 Å². The van der Waals surface area contributed by atoms with Crippen molar-refractivity contribution in [3.05, 3.63) is 108 Å². The van der Waals surface area contributed by atoms with Crippen LogP contribution in [0.4, 0.5) is 0 Å². The molecule has 3 rings (SSSR count). The minimum Gasteiger partial charge on any atom is -0.466 e. The smallest absolute Gasteiger partial charge is 0.302 e. The van der Waals surface area contributed by atoms with Gasteiger partial charge >= 0.3 is 5.97 Å². The summed E-state index contributed by atoms with van der Waals surface area (Å²) in [6.45, 7) is 1.75. The highest BCUT2D eigenvalue weighted by Gasteiger charge is 2.36. The predicted octanol–water partition coefficient (Wildman–Crippen LogP) is 4.05. The lowest BCUT2D eigenvalue weighted by molar-refractivity contribution is -0.179. The molecule has 0 amide bonds. The molecule has 3 aromatic rings. The maximum atomic E-state index is 11.4. The number of aliphatic hydroxyl groups is 2. The summed E-state index contributed by atoms with van der Waals surface area (Å²) in [6.07, 6.45) is -3.35. The van der Waals surface area contributed by atoms with Crippen molar-refractivity contribution in [2.45, 2.75) is 57.6 Å². The molecule has 0 heterocycles. The van der Waals surface area contributed by atoms with E-state index in [1.165, 1.54) is 6.92 Å². The SMILES string of the molecule is CC(=O)OCC[C@@H](OCc1ccccc1)[C@H](OCc1ccccc1)[C@H](O)[C@@H](CO)OCc1ccccc1. The molecule has 0 aliphatic carbocycles. The van der Waals surface area contributed by atoms with Crippen LogP contribution in [0.25, 0.3) is 0 Å². The summed E-state index contributed by atoms with van der Waals surface area (Å²) in [6, 6.07) is 28.8. The van der Waals surface area contributed by atoms with Crippen LogP contribution in [-0.2, 0) is 43.6 Å². The molecule has 0 unspecified atom stereocenters. The summed E-state index contributed by atoms with van der Waals surface area (Å²) in [5.74, 6) is -0.399. The van der Waals surface area contributed by atoms with E-state index in [4.69, 9.17) is 18.9 Å². The lowest BCUT2D eigenvalue weighted by Gasteiger charge is -2.34. The molecule has 7 heteroatoms. The number of rotatable bonds is 16. The van der Waals surface area contributed by atoms with E-state index in [0.717, 1.165) is 16.7 Å². The van der Waals surface area contributed by atoms with E-state index >= 15 is 0 Å². The van der Waals surface area contributed by atoms with Crippen LogP contribution in [0, 0.1) is 0 Å². The van der Waals surface area contributed by atoms with Gasteiger partial charge in [0.2, 0.25) is 0 Å². The third kappa shape index (κ3) is 10.1. The zero-order chi connectivity index (χ0) is 26.3. The average Bonchev–Trinajstić information content (AvgIpc) is 2.93. The first-order valence-corrected chi connectivity index (χ1v) is 12.5. The molecule has 0 aromatic heterocycles. The molecule has 0 bridgehead atoms. The number of aliphatic hydroxyl groups excluding tert-OH is 2. The van der Waals surface area contributed by atoms with Gasteiger partial charge in [-0.25, -0.2) is 0 Å². The van der Waals surface area contributed by atoms with Crippen molar-refractivity contribution in [3.63, 3.8) is 0 Å². The highest BCUT2D eigenvalue weighted by Crippen LogP contribution is 2.21. The second kappa shape index (κ2) is 15.9. The monoisotopic (exact) mass is 508 g/mol. The van der Waals surface area contributed by atoms with Gasteiger partial charge in [-0.2, -0.15) is 0 Å². The number of carbonyl (C=O) groups is 1. The number of ether oxygens (including phenoxy) is 4. The van der Waals surface area contributed by atoms with Crippen molar-refractivity contribution in [1.82, 2.24) is 0 Å². The van der Waals surface area contributed by atoms with Gasteiger partial charge in [0.05, 0.1) is 39.1 Å². The Morgan fingerprint density at radius 1 is 0.703 bits per heavy atom. The maximum absolute atomic E-state index is 11.4. The van der Waals surface area contributed by atoms with Crippen LogP contribution in [0.5, 0.6) is 0 Å². The van der Waals surface area contributed by atoms with E-state index in [1.807, 2.05) is 91.0 Å². The van der Waals surface area contributed by atoms with Gasteiger partial charge in [-0.05, 0) is 16.7 Å². The molecule has 2 N–H and O–H groups in total. The molecular formula is C30H36O7. The highest BCUT2D eigenvalue weighted by molar-refractivity contribution is 5.65. The Morgan fingerprint density at radius 2 is 1.14 bits per heavy atom. The zero-order valence-electron chi connectivity index (χ0n) is 21.1. The molecule has 0 fully saturated rings. The largest absolute Gasteiger partial charge is 0.466 e. The van der Waals surface area contributed by atoms with Crippen molar-refractivity contribution >= 4 is 5.97 Å². The maximum Gasteiger partial charge on any atom is 0.302 e. The van der Waals surface area contributed by atoms with Crippen LogP contribution in [0.15, 0.2) is 91.0 Å². The summed E-state index contributed by atoms with van der Waals surface area (Å²) in [4.78, 5) is 11.4. The fourth-order valence-electron chi connectivity index (χ4n) is 3.88. The number of hydrogen-bond donors (Lipinski definition) is 2. The summed E-state index contributed by atoms with van der Waals surface area (Å²) in [5, 5.41) is 21.5. The molecule has 0 saturated heterocycles. The quantitative estimate of drug-likeness (QED) is 0.282. The second-order valence-electron chi connectivity index (χ2n) is 8.73. The van der Waals surface area contributed by atoms with Gasteiger partial charge in [0.25, 0.3) is 0 Å². The molecule has 3 aromatic carbocycles. The number of esters is 1. The molecule has 0 radical (unpaired) electrons. The van der Waals surface area contributed by atoms with Gasteiger partial charge in [-0.1, -0.05) is 91.0 Å². The Hall–Kier alpha value is -3.07. The third-order valence-corrected chi connectivity index (χ3v) is 5.87. The summed E-state index contributed by atoms with van der Waals surface area (Å²) >= 11 is 0. The molecule has 7 nitrogen and oxygen atoms in total. The Labute approximate surface area is 218 Å². The van der Waals surface area contributed by atoms with E-state index in [9.17, 15) is 15.0 Å². The number of benzene rings is 3. The van der Waals surface area contributed by atoms with E-state index in [2.05, 4.69) is 0 Å². The fourth-order valence-corrected chi connectivity index (χ4v) is 3.88. The predicted molar refractivity (Wildman–Crippen MR) is 139 cm³/mol. The van der Waals surface area contributed by atoms with Crippen LogP contribution in [0.2, 0.25) is 0 Å². The fraction of sp³-hybridized carbons (Fsp3) is 0.367. The van der Waals surface area contributed by atoms with E-state index in [1.54, 1.807) is 0 Å². The lowest BCUT2D eigenvalue weighted by atomic mass is 10.00. The van der Waals surface area contributed by atoms with Gasteiger partial charge in [0, 0.05) is 13.3 Å². The first-order valence-electron chi connectivity index (χ1n) is 12.5. The molecule has 0 aliphatic rings. The summed E-state index contributed by atoms with van der Waals surface area (Å²) in [5.41, 5.74) is 2.80. The van der Waals surface area contributed by atoms with Gasteiger partial charge in [-0.15, -0.1) is 0 Å². The summed E-state index contributed by atoms with van der Waals surface area (Å²) in [7, 11) is 0. The molecule has 0 aliphatic heterocycles. The van der Waals surface area contributed by atoms with Gasteiger partial charge in [-0.3, -0.25) is 4.79 Å². The van der Waals surface area contributed by atoms with Crippen LogP contribution in [0.1, 0.15) is 30.0 Å². The van der Waals surface area contributed by atoms with E-state index < -0.39 is 37.0 Å². The molecular weight excluding hydrogens is 472 g/mol. The lowest BCUT2D eigenvalue weighted by Crippen LogP contribution is -2.49. The topological polar surface area (TPSA) is 94.5 Å². The van der Waals surface area contributed by atoms with E-state index in [0.29, 0.717) is 6.42 Å². The minimum absolute atomic E-state index is 0.0986. The first-order chi connectivity index (χ1) is 18.1. The molecule has 4 atom stereocenters. The zero-order valence-corrected chi connectivity index (χ0v) is 21.1. The molecule has 37 heavy (non-hydrogen) atoms. The van der Waals surface area contributed by atoms with Crippen LogP contribution >= 0.6 is 0 Å². The summed E-state index contributed by atoms with van der Waals surface area (Å²) < 4.78 is 23.5. The van der Waals surface area contributed by atoms with Gasteiger partial charge in [0.1, 0.15) is 18.3 Å². The van der Waals surface area contributed by atoms with Crippen molar-refractivity contribution in [2.75, 3.05) is 13.2 Å². The van der Waals surface area contributed by atoms with Crippen LogP contribution < -0.4 is 0 Å². The Bertz CT molecular complexity index is 1010. The van der Waals surface area contributed by atoms with E-state index in [-0.39, 0.29) is 26.4 Å². The van der Waals surface area contributed by atoms with Crippen molar-refractivity contribution in [2.24, 2.45) is 0 Å². The number of hydrogen-bond acceptors (Lipinski definition) is 7. The van der Waals surface area contributed by atoms with Gasteiger partial charge in [0.15, 0.2) is 0 Å². The van der Waals surface area contributed by atoms with Crippen molar-refractivity contribution in [1.29, 1.82) is 0 Å². The Balaban J connectivity index is 1.78. The van der Waals surface area contributed by atoms with Crippen LogP contribution in [0.3, 0.4) is 0 Å². The number of carbonyl (C=O) groups excluding carboxylic acids is 1. The third-order valence-electron chi connectivity index (χ3n) is 5.87. The average molecular weight is 509 g/mol. The van der Waals surface area contributed by atoms with Crippen molar-refractivity contribution < 1.29 is 34.0 Å². The van der Waals surface area contributed by atoms with Gasteiger partial charge < -0.3 is 29.2 Å². The molecule has 0 saturated carbocycles. The highest BCUT2D eigenvalue weighted by atomic mass is 16.6. The Morgan fingerprint density at radius 3 is 1.57 bits per heavy atom. The minimum atomic E-state index is -1.21. The van der Waals surface area contributed by atoms with Crippen LogP contribution in [-0.4, -0.2) is 53.8 Å². The molecule has 198 valence electrons. The molecule has 0 spiro atoms. The second-order valence-corrected chi connectivity index (χ2v) is 8.73. The first kappa shape index (κ1) is 28.5. The Kier molecular flexibility index (Phi) is 12.3.